The number of benzene rings is 2. The highest BCUT2D eigenvalue weighted by atomic mass is 32.2. The van der Waals surface area contributed by atoms with Crippen LogP contribution in [0.2, 0.25) is 0 Å². The van der Waals surface area contributed by atoms with Crippen molar-refractivity contribution in [3.05, 3.63) is 54.1 Å². The fourth-order valence-corrected chi connectivity index (χ4v) is 7.54. The second kappa shape index (κ2) is 9.15. The van der Waals surface area contributed by atoms with Crippen LogP contribution in [0, 0.1) is 0 Å². The van der Waals surface area contributed by atoms with E-state index in [2.05, 4.69) is 0 Å². The molecule has 1 unspecified atom stereocenters. The molecule has 2 aromatic carbocycles. The van der Waals surface area contributed by atoms with Crippen molar-refractivity contribution >= 4 is 25.6 Å². The molecule has 1 aliphatic rings. The van der Waals surface area contributed by atoms with E-state index >= 15 is 0 Å². The van der Waals surface area contributed by atoms with E-state index in [4.69, 9.17) is 14.2 Å². The van der Waals surface area contributed by atoms with Gasteiger partial charge in [-0.15, -0.1) is 0 Å². The molecule has 162 valence electrons. The molecule has 0 fully saturated rings. The zero-order valence-electron chi connectivity index (χ0n) is 16.3. The highest BCUT2D eigenvalue weighted by Crippen LogP contribution is 2.45. The van der Waals surface area contributed by atoms with E-state index < -0.39 is 36.6 Å². The van der Waals surface area contributed by atoms with Gasteiger partial charge in [-0.25, -0.2) is 16.8 Å². The fraction of sp³-hybridized carbons (Fsp3) is 0.350. The number of rotatable bonds is 9. The Kier molecular flexibility index (Phi) is 6.79. The average Bonchev–Trinajstić information content (AvgIpc) is 3.00. The van der Waals surface area contributed by atoms with Crippen LogP contribution in [0.15, 0.2) is 58.3 Å². The molecule has 1 atom stereocenters. The molecule has 8 nitrogen and oxygen atoms in total. The van der Waals surface area contributed by atoms with Crippen molar-refractivity contribution in [2.24, 2.45) is 0 Å². The lowest BCUT2D eigenvalue weighted by atomic mass is 10.1. The number of fused-ring (bicyclic) bond motifs is 1. The van der Waals surface area contributed by atoms with Crippen LogP contribution in [-0.2, 0) is 33.9 Å². The number of hydrogen-bond donors (Lipinski definition) is 0. The molecule has 0 saturated carbocycles. The van der Waals surface area contributed by atoms with Gasteiger partial charge in [0.1, 0.15) is 24.2 Å². The molecule has 0 spiro atoms. The number of carbonyl (C=O) groups excluding carboxylic acids is 1. The van der Waals surface area contributed by atoms with Gasteiger partial charge in [0.2, 0.25) is 0 Å². The molecule has 3 rings (SSSR count). The molecule has 0 amide bonds. The summed E-state index contributed by atoms with van der Waals surface area (Å²) in [6.07, 6.45) is 0. The molecule has 0 N–H and O–H groups in total. The van der Waals surface area contributed by atoms with E-state index in [0.29, 0.717) is 0 Å². The van der Waals surface area contributed by atoms with Gasteiger partial charge in [0.25, 0.3) is 0 Å². The quantitative estimate of drug-likeness (QED) is 0.417. The summed E-state index contributed by atoms with van der Waals surface area (Å²) in [4.78, 5) is 10.7. The van der Waals surface area contributed by atoms with Gasteiger partial charge in [-0.1, -0.05) is 24.3 Å². The standard InChI is InChI=1S/C20H22O8S2/c1-15(21)27-12-10-26-11-13-28-17-8-5-9-18-20(17)19(14-29(18,22)23)30(24,25)16-6-3-2-4-7-16/h2-9,19H,10-14H2,1H3. The molecule has 10 heteroatoms. The maximum atomic E-state index is 13.2. The van der Waals surface area contributed by atoms with Crippen molar-refractivity contribution in [3.8, 4) is 5.75 Å². The minimum atomic E-state index is -3.94. The Morgan fingerprint density at radius 3 is 2.40 bits per heavy atom. The van der Waals surface area contributed by atoms with Crippen molar-refractivity contribution in [1.82, 2.24) is 0 Å². The third-order valence-corrected chi connectivity index (χ3v) is 8.61. The van der Waals surface area contributed by atoms with Gasteiger partial charge >= 0.3 is 5.97 Å². The Bertz CT molecular complexity index is 1110. The van der Waals surface area contributed by atoms with Gasteiger partial charge in [-0.3, -0.25) is 4.79 Å². The number of hydrogen-bond acceptors (Lipinski definition) is 8. The smallest absolute Gasteiger partial charge is 0.302 e. The zero-order valence-corrected chi connectivity index (χ0v) is 17.9. The highest BCUT2D eigenvalue weighted by molar-refractivity contribution is 7.96. The van der Waals surface area contributed by atoms with Gasteiger partial charge in [0.05, 0.1) is 28.8 Å². The summed E-state index contributed by atoms with van der Waals surface area (Å²) in [6.45, 7) is 1.84. The summed E-state index contributed by atoms with van der Waals surface area (Å²) in [5.41, 5.74) is 0.154. The van der Waals surface area contributed by atoms with Crippen molar-refractivity contribution in [2.75, 3.05) is 32.2 Å². The Labute approximate surface area is 175 Å². The SMILES string of the molecule is CC(=O)OCCOCCOc1cccc2c1C(S(=O)(=O)c1ccccc1)CS2(=O)=O. The lowest BCUT2D eigenvalue weighted by Gasteiger charge is -2.16. The van der Waals surface area contributed by atoms with Crippen LogP contribution in [0.5, 0.6) is 5.75 Å². The van der Waals surface area contributed by atoms with Gasteiger partial charge in [-0.2, -0.15) is 0 Å². The lowest BCUT2D eigenvalue weighted by molar-refractivity contribution is -0.142. The third kappa shape index (κ3) is 4.82. The van der Waals surface area contributed by atoms with Crippen molar-refractivity contribution < 1.29 is 35.8 Å². The molecule has 0 saturated heterocycles. The molecule has 0 aromatic heterocycles. The van der Waals surface area contributed by atoms with Crippen LogP contribution in [-0.4, -0.2) is 55.0 Å². The third-order valence-electron chi connectivity index (χ3n) is 4.52. The first-order valence-corrected chi connectivity index (χ1v) is 12.4. The van der Waals surface area contributed by atoms with Crippen molar-refractivity contribution in [2.45, 2.75) is 22.0 Å². The summed E-state index contributed by atoms with van der Waals surface area (Å²) in [5, 5.41) is -1.25. The molecule has 1 heterocycles. The maximum absolute atomic E-state index is 13.2. The predicted octanol–water partition coefficient (Wildman–Crippen LogP) is 1.95. The average molecular weight is 455 g/mol. The normalized spacial score (nSPS) is 17.3. The Hall–Kier alpha value is -2.43. The van der Waals surface area contributed by atoms with Crippen LogP contribution in [0.1, 0.15) is 17.7 Å². The summed E-state index contributed by atoms with van der Waals surface area (Å²) in [7, 11) is -7.69. The second-order valence-corrected chi connectivity index (χ2v) is 10.7. The number of ether oxygens (including phenoxy) is 3. The minimum Gasteiger partial charge on any atom is -0.491 e. The summed E-state index contributed by atoms with van der Waals surface area (Å²) >= 11 is 0. The molecule has 30 heavy (non-hydrogen) atoms. The van der Waals surface area contributed by atoms with Gasteiger partial charge in [-0.05, 0) is 24.3 Å². The van der Waals surface area contributed by atoms with Crippen LogP contribution in [0.25, 0.3) is 0 Å². The topological polar surface area (TPSA) is 113 Å². The predicted molar refractivity (Wildman–Crippen MR) is 108 cm³/mol. The maximum Gasteiger partial charge on any atom is 0.302 e. The molecular formula is C20H22O8S2. The fourth-order valence-electron chi connectivity index (χ4n) is 3.19. The summed E-state index contributed by atoms with van der Waals surface area (Å²) < 4.78 is 67.2. The van der Waals surface area contributed by atoms with E-state index in [0.717, 1.165) is 0 Å². The molecule has 0 aliphatic carbocycles. The van der Waals surface area contributed by atoms with Crippen LogP contribution in [0.3, 0.4) is 0 Å². The van der Waals surface area contributed by atoms with Crippen molar-refractivity contribution in [3.63, 3.8) is 0 Å². The first-order valence-electron chi connectivity index (χ1n) is 9.22. The van der Waals surface area contributed by atoms with Crippen molar-refractivity contribution in [1.29, 1.82) is 0 Å². The van der Waals surface area contributed by atoms with Crippen LogP contribution in [0.4, 0.5) is 0 Å². The Balaban J connectivity index is 1.79. The highest BCUT2D eigenvalue weighted by Gasteiger charge is 2.45. The Morgan fingerprint density at radius 2 is 1.70 bits per heavy atom. The summed E-state index contributed by atoms with van der Waals surface area (Å²) in [6, 6.07) is 12.2. The summed E-state index contributed by atoms with van der Waals surface area (Å²) in [5.74, 6) is -0.734. The van der Waals surface area contributed by atoms with E-state index in [9.17, 15) is 21.6 Å². The zero-order chi connectivity index (χ0) is 21.8. The van der Waals surface area contributed by atoms with Gasteiger partial charge < -0.3 is 14.2 Å². The molecule has 0 bridgehead atoms. The first-order chi connectivity index (χ1) is 14.2. The van der Waals surface area contributed by atoms with Gasteiger partial charge in [0, 0.05) is 12.5 Å². The molecule has 1 aliphatic heterocycles. The largest absolute Gasteiger partial charge is 0.491 e. The van der Waals surface area contributed by atoms with E-state index in [-0.39, 0.29) is 47.5 Å². The van der Waals surface area contributed by atoms with E-state index in [1.807, 2.05) is 0 Å². The monoisotopic (exact) mass is 454 g/mol. The number of sulfone groups is 2. The first kappa shape index (κ1) is 22.3. The molecule has 0 radical (unpaired) electrons. The molecular weight excluding hydrogens is 432 g/mol. The second-order valence-electron chi connectivity index (χ2n) is 6.60. The number of esters is 1. The Morgan fingerprint density at radius 1 is 1.00 bits per heavy atom. The van der Waals surface area contributed by atoms with E-state index in [1.165, 1.54) is 31.2 Å². The van der Waals surface area contributed by atoms with Crippen LogP contribution < -0.4 is 4.74 Å². The van der Waals surface area contributed by atoms with Gasteiger partial charge in [0.15, 0.2) is 19.7 Å². The van der Waals surface area contributed by atoms with Crippen LogP contribution >= 0.6 is 0 Å². The molecule has 2 aromatic rings. The number of carbonyl (C=O) groups is 1. The minimum absolute atomic E-state index is 0.0275. The lowest BCUT2D eigenvalue weighted by Crippen LogP contribution is -2.17. The van der Waals surface area contributed by atoms with E-state index in [1.54, 1.807) is 24.3 Å².